The molecule has 0 spiro atoms. The number of halogens is 2. The molecule has 0 saturated heterocycles. The predicted octanol–water partition coefficient (Wildman–Crippen LogP) is 4.05. The lowest BCUT2D eigenvalue weighted by molar-refractivity contribution is -0.123. The van der Waals surface area contributed by atoms with Gasteiger partial charge >= 0.3 is 0 Å². The Hall–Kier alpha value is -3.42. The molecule has 33 heavy (non-hydrogen) atoms. The first-order valence-corrected chi connectivity index (χ1v) is 11.1. The van der Waals surface area contributed by atoms with Crippen LogP contribution in [-0.4, -0.2) is 29.3 Å². The van der Waals surface area contributed by atoms with Crippen molar-refractivity contribution < 1.29 is 18.4 Å². The number of hydrogen-bond donors (Lipinski definition) is 2. The van der Waals surface area contributed by atoms with Gasteiger partial charge in [0.15, 0.2) is 0 Å². The minimum atomic E-state index is -0.890. The van der Waals surface area contributed by atoms with Crippen molar-refractivity contribution in [1.82, 2.24) is 5.32 Å². The van der Waals surface area contributed by atoms with E-state index in [2.05, 4.69) is 27.8 Å². The van der Waals surface area contributed by atoms with Crippen LogP contribution in [0.1, 0.15) is 37.8 Å². The van der Waals surface area contributed by atoms with Crippen molar-refractivity contribution in [3.05, 3.63) is 65.2 Å². The number of carbonyl (C=O) groups is 2. The van der Waals surface area contributed by atoms with Gasteiger partial charge in [-0.05, 0) is 41.9 Å². The van der Waals surface area contributed by atoms with E-state index in [1.165, 1.54) is 6.07 Å². The van der Waals surface area contributed by atoms with Crippen molar-refractivity contribution in [3.63, 3.8) is 0 Å². The van der Waals surface area contributed by atoms with E-state index in [1.54, 1.807) is 0 Å². The van der Waals surface area contributed by atoms with E-state index >= 15 is 0 Å². The highest BCUT2D eigenvalue weighted by molar-refractivity contribution is 6.39. The number of anilines is 1. The third-order valence-electron chi connectivity index (χ3n) is 6.39. The van der Waals surface area contributed by atoms with Crippen molar-refractivity contribution in [2.45, 2.75) is 45.6 Å². The fourth-order valence-corrected chi connectivity index (χ4v) is 4.19. The molecule has 2 aliphatic rings. The fourth-order valence-electron chi connectivity index (χ4n) is 4.19. The molecule has 172 valence electrons. The molecule has 0 radical (unpaired) electrons. The van der Waals surface area contributed by atoms with Crippen LogP contribution < -0.4 is 10.6 Å². The quantitative estimate of drug-likeness (QED) is 0.734. The number of nitrogens with zero attached hydrogens (tertiary/aromatic N) is 2. The van der Waals surface area contributed by atoms with E-state index in [1.807, 2.05) is 37.3 Å². The minimum Gasteiger partial charge on any atom is -0.339 e. The van der Waals surface area contributed by atoms with E-state index in [-0.39, 0.29) is 36.1 Å². The Labute approximate surface area is 191 Å². The van der Waals surface area contributed by atoms with Crippen molar-refractivity contribution in [1.29, 1.82) is 0 Å². The number of aryl methyl sites for hydroxylation is 1. The summed E-state index contributed by atoms with van der Waals surface area (Å²) in [5.74, 6) is -2.30. The Balaban J connectivity index is 1.48. The standard InChI is InChI=1S/C25H26F2N4O2/c1-14-10-22(31-30-21(15(14)2)11-16-6-4-3-5-7-16)25(33)28-20-9-8-17-12-18(26)13-19(27)23(17)29-24(20)32/h3-7,12-15,20H,8-11H2,1-2H3,(H,28,33)(H,29,32)/t14-,15?,20+/m1/s1. The third-order valence-corrected chi connectivity index (χ3v) is 6.39. The van der Waals surface area contributed by atoms with Gasteiger partial charge in [-0.15, -0.1) is 5.10 Å². The SMILES string of the molecule is CC1C(Cc2ccccc2)=NN=C(C(=O)N[C@H]2CCc3cc(F)cc(F)c3NC2=O)C[C@H]1C. The lowest BCUT2D eigenvalue weighted by atomic mass is 9.85. The Kier molecular flexibility index (Phi) is 6.62. The molecule has 0 aliphatic carbocycles. The second-order valence-corrected chi connectivity index (χ2v) is 8.75. The number of hydrogen-bond acceptors (Lipinski definition) is 4. The maximum absolute atomic E-state index is 14.1. The molecule has 0 aromatic heterocycles. The van der Waals surface area contributed by atoms with Crippen LogP contribution in [-0.2, 0) is 22.4 Å². The van der Waals surface area contributed by atoms with Gasteiger partial charge in [-0.3, -0.25) is 9.59 Å². The molecule has 2 aromatic rings. The van der Waals surface area contributed by atoms with Crippen LogP contribution in [0.2, 0.25) is 0 Å². The van der Waals surface area contributed by atoms with E-state index in [4.69, 9.17) is 0 Å². The molecule has 2 N–H and O–H groups in total. The second kappa shape index (κ2) is 9.60. The summed E-state index contributed by atoms with van der Waals surface area (Å²) < 4.78 is 27.7. The molecular weight excluding hydrogens is 426 g/mol. The van der Waals surface area contributed by atoms with Crippen LogP contribution >= 0.6 is 0 Å². The van der Waals surface area contributed by atoms with Crippen LogP contribution in [0, 0.1) is 23.5 Å². The summed E-state index contributed by atoms with van der Waals surface area (Å²) in [4.78, 5) is 25.6. The first-order valence-electron chi connectivity index (χ1n) is 11.1. The lowest BCUT2D eigenvalue weighted by Crippen LogP contribution is -2.46. The summed E-state index contributed by atoms with van der Waals surface area (Å²) in [5.41, 5.74) is 2.60. The Morgan fingerprint density at radius 2 is 1.91 bits per heavy atom. The molecule has 2 amide bonds. The molecule has 0 fully saturated rings. The highest BCUT2D eigenvalue weighted by Gasteiger charge is 2.31. The summed E-state index contributed by atoms with van der Waals surface area (Å²) >= 11 is 0. The number of rotatable bonds is 4. The smallest absolute Gasteiger partial charge is 0.268 e. The Bertz CT molecular complexity index is 1130. The largest absolute Gasteiger partial charge is 0.339 e. The fraction of sp³-hybridized carbons (Fsp3) is 0.360. The van der Waals surface area contributed by atoms with Gasteiger partial charge in [-0.2, -0.15) is 5.10 Å². The number of nitrogens with one attached hydrogen (secondary N) is 2. The van der Waals surface area contributed by atoms with Gasteiger partial charge in [0.1, 0.15) is 23.4 Å². The van der Waals surface area contributed by atoms with Gasteiger partial charge in [0.05, 0.1) is 5.69 Å². The Morgan fingerprint density at radius 1 is 1.15 bits per heavy atom. The summed E-state index contributed by atoms with van der Waals surface area (Å²) in [6.45, 7) is 4.12. The first kappa shape index (κ1) is 22.8. The highest BCUT2D eigenvalue weighted by atomic mass is 19.1. The van der Waals surface area contributed by atoms with Crippen LogP contribution in [0.3, 0.4) is 0 Å². The van der Waals surface area contributed by atoms with Gasteiger partial charge in [-0.1, -0.05) is 44.2 Å². The average Bonchev–Trinajstić information content (AvgIpc) is 3.03. The number of amides is 2. The second-order valence-electron chi connectivity index (χ2n) is 8.75. The molecule has 6 nitrogen and oxygen atoms in total. The van der Waals surface area contributed by atoms with Crippen molar-refractivity contribution in [2.75, 3.05) is 5.32 Å². The topological polar surface area (TPSA) is 82.9 Å². The molecule has 1 unspecified atom stereocenters. The van der Waals surface area contributed by atoms with Crippen LogP contribution in [0.25, 0.3) is 0 Å². The lowest BCUT2D eigenvalue weighted by Gasteiger charge is -2.20. The zero-order valence-electron chi connectivity index (χ0n) is 18.6. The zero-order valence-corrected chi connectivity index (χ0v) is 18.6. The van der Waals surface area contributed by atoms with E-state index < -0.39 is 29.5 Å². The summed E-state index contributed by atoms with van der Waals surface area (Å²) in [6, 6.07) is 11.0. The molecule has 4 rings (SSSR count). The summed E-state index contributed by atoms with van der Waals surface area (Å²) in [6.07, 6.45) is 1.53. The van der Waals surface area contributed by atoms with Gasteiger partial charge in [-0.25, -0.2) is 8.78 Å². The molecule has 2 aromatic carbocycles. The van der Waals surface area contributed by atoms with Crippen molar-refractivity contribution in [3.8, 4) is 0 Å². The molecular formula is C25H26F2N4O2. The van der Waals surface area contributed by atoms with Crippen molar-refractivity contribution >= 4 is 28.9 Å². The van der Waals surface area contributed by atoms with Crippen LogP contribution in [0.4, 0.5) is 14.5 Å². The predicted molar refractivity (Wildman–Crippen MR) is 123 cm³/mol. The van der Waals surface area contributed by atoms with Gasteiger partial charge in [0.2, 0.25) is 5.91 Å². The van der Waals surface area contributed by atoms with E-state index in [0.29, 0.717) is 18.4 Å². The van der Waals surface area contributed by atoms with Crippen molar-refractivity contribution in [2.24, 2.45) is 22.0 Å². The molecule has 3 atom stereocenters. The average molecular weight is 453 g/mol. The van der Waals surface area contributed by atoms with E-state index in [9.17, 15) is 18.4 Å². The zero-order chi connectivity index (χ0) is 23.5. The maximum Gasteiger partial charge on any atom is 0.268 e. The summed E-state index contributed by atoms with van der Waals surface area (Å²) in [5, 5.41) is 13.8. The molecule has 0 bridgehead atoms. The van der Waals surface area contributed by atoms with Gasteiger partial charge in [0, 0.05) is 24.6 Å². The van der Waals surface area contributed by atoms with Crippen LogP contribution in [0.15, 0.2) is 52.7 Å². The maximum atomic E-state index is 14.1. The van der Waals surface area contributed by atoms with Gasteiger partial charge < -0.3 is 10.6 Å². The number of carbonyl (C=O) groups excluding carboxylic acids is 2. The van der Waals surface area contributed by atoms with Crippen LogP contribution in [0.5, 0.6) is 0 Å². The van der Waals surface area contributed by atoms with Gasteiger partial charge in [0.25, 0.3) is 5.91 Å². The highest BCUT2D eigenvalue weighted by Crippen LogP contribution is 2.27. The molecule has 8 heteroatoms. The first-order chi connectivity index (χ1) is 15.8. The number of fused-ring (bicyclic) bond motifs is 1. The normalized spacial score (nSPS) is 22.8. The third kappa shape index (κ3) is 5.16. The molecule has 2 aliphatic heterocycles. The minimum absolute atomic E-state index is 0.0393. The molecule has 2 heterocycles. The molecule has 0 saturated carbocycles. The monoisotopic (exact) mass is 452 g/mol. The van der Waals surface area contributed by atoms with E-state index in [0.717, 1.165) is 17.3 Å². The Morgan fingerprint density at radius 3 is 2.67 bits per heavy atom. The number of benzene rings is 2. The summed E-state index contributed by atoms with van der Waals surface area (Å²) in [7, 11) is 0.